The fourth-order valence-electron chi connectivity index (χ4n) is 0.560. The topological polar surface area (TPSA) is 29.5 Å². The molecule has 0 atom stereocenters. The van der Waals surface area contributed by atoms with Crippen LogP contribution in [0.1, 0.15) is 26.7 Å². The molecule has 0 heterocycles. The molecule has 1 rings (SSSR count). The van der Waals surface area contributed by atoms with Crippen LogP contribution in [0.5, 0.6) is 5.75 Å². The largest absolute Gasteiger partial charge is 0.569 e. The second-order valence-corrected chi connectivity index (χ2v) is 2.54. The number of unbranched alkanes of at least 4 members (excludes halogenated alkanes) is 1. The van der Waals surface area contributed by atoms with Crippen LogP contribution >= 0.6 is 0 Å². The van der Waals surface area contributed by atoms with Crippen LogP contribution in [0.25, 0.3) is 0 Å². The average Bonchev–Trinajstić information content (AvgIpc) is 2.20. The lowest BCUT2D eigenvalue weighted by Gasteiger charge is -1.97. The van der Waals surface area contributed by atoms with Crippen molar-refractivity contribution in [2.24, 2.45) is 0 Å². The predicted molar refractivity (Wildman–Crippen MR) is 55.6 cm³/mol. The summed E-state index contributed by atoms with van der Waals surface area (Å²) >= 11 is 0. The van der Waals surface area contributed by atoms with Crippen LogP contribution in [-0.4, -0.2) is 12.7 Å². The molecule has 0 saturated heterocycles. The highest BCUT2D eigenvalue weighted by Gasteiger charge is 1.88. The van der Waals surface area contributed by atoms with Crippen molar-refractivity contribution in [3.8, 4) is 5.75 Å². The quantitative estimate of drug-likeness (QED) is 0.721. The second kappa shape index (κ2) is 9.14. The van der Waals surface area contributed by atoms with Crippen molar-refractivity contribution in [3.63, 3.8) is 0 Å². The molecule has 0 bridgehead atoms. The highest BCUT2D eigenvalue weighted by Crippen LogP contribution is 2.06. The van der Waals surface area contributed by atoms with Crippen LogP contribution in [0.15, 0.2) is 30.3 Å². The van der Waals surface area contributed by atoms with E-state index in [0.29, 0.717) is 13.4 Å². The summed E-state index contributed by atoms with van der Waals surface area (Å²) in [5.41, 5.74) is 0. The summed E-state index contributed by atoms with van der Waals surface area (Å²) in [6.45, 7) is 4.36. The minimum Gasteiger partial charge on any atom is -0.537 e. The molecule has 0 spiro atoms. The Bertz CT molecular complexity index is 187. The first-order valence-electron chi connectivity index (χ1n) is 4.52. The molecule has 3 heteroatoms. The first-order chi connectivity index (χ1) is 6.35. The maximum Gasteiger partial charge on any atom is 0.569 e. The fourth-order valence-corrected chi connectivity index (χ4v) is 0.560. The standard InChI is InChI=1S/C6H6BO2.C4H10/c8-7-9-6-4-2-1-3-5-6;1-3-4-2/h1-5,8H;3-4H2,1-2H3. The van der Waals surface area contributed by atoms with E-state index in [9.17, 15) is 0 Å². The van der Waals surface area contributed by atoms with Gasteiger partial charge in [0.2, 0.25) is 0 Å². The van der Waals surface area contributed by atoms with Gasteiger partial charge in [-0.3, -0.25) is 0 Å². The predicted octanol–water partition coefficient (Wildman–Crippen LogP) is 2.40. The van der Waals surface area contributed by atoms with Crippen LogP contribution < -0.4 is 4.65 Å². The third-order valence-corrected chi connectivity index (χ3v) is 1.43. The van der Waals surface area contributed by atoms with Crippen LogP contribution in [0, 0.1) is 0 Å². The van der Waals surface area contributed by atoms with E-state index in [2.05, 4.69) is 18.5 Å². The number of hydrogen-bond acceptors (Lipinski definition) is 2. The van der Waals surface area contributed by atoms with Crippen LogP contribution in [0.4, 0.5) is 0 Å². The van der Waals surface area contributed by atoms with Gasteiger partial charge in [-0.1, -0.05) is 44.9 Å². The molecule has 0 aliphatic heterocycles. The minimum absolute atomic E-state index is 0.639. The normalized spacial score (nSPS) is 8.23. The van der Waals surface area contributed by atoms with Crippen molar-refractivity contribution >= 4 is 7.69 Å². The highest BCUT2D eigenvalue weighted by molar-refractivity contribution is 6.17. The summed E-state index contributed by atoms with van der Waals surface area (Å²) in [4.78, 5) is 0. The van der Waals surface area contributed by atoms with Gasteiger partial charge in [0.05, 0.1) is 5.75 Å². The van der Waals surface area contributed by atoms with Crippen molar-refractivity contribution < 1.29 is 9.68 Å². The van der Waals surface area contributed by atoms with Crippen LogP contribution in [0.3, 0.4) is 0 Å². The van der Waals surface area contributed by atoms with Crippen LogP contribution in [0.2, 0.25) is 0 Å². The molecule has 1 aromatic carbocycles. The lowest BCUT2D eigenvalue weighted by Crippen LogP contribution is -1.98. The number of benzene rings is 1. The molecule has 1 aromatic rings. The lowest BCUT2D eigenvalue weighted by atomic mass is 10.3. The Morgan fingerprint density at radius 1 is 1.15 bits per heavy atom. The number of para-hydroxylation sites is 1. The van der Waals surface area contributed by atoms with E-state index in [-0.39, 0.29) is 0 Å². The molecule has 0 saturated carbocycles. The Labute approximate surface area is 80.9 Å². The first-order valence-corrected chi connectivity index (χ1v) is 4.52. The third-order valence-electron chi connectivity index (χ3n) is 1.43. The molecule has 71 valence electrons. The van der Waals surface area contributed by atoms with E-state index in [1.165, 1.54) is 12.8 Å². The molecule has 0 amide bonds. The molecule has 0 unspecified atom stereocenters. The van der Waals surface area contributed by atoms with Gasteiger partial charge >= 0.3 is 7.69 Å². The summed E-state index contributed by atoms with van der Waals surface area (Å²) in [6.07, 6.45) is 2.64. The fraction of sp³-hybridized carbons (Fsp3) is 0.400. The van der Waals surface area contributed by atoms with E-state index in [1.54, 1.807) is 12.1 Å². The maximum absolute atomic E-state index is 8.17. The molecular formula is C10H16BO2. The van der Waals surface area contributed by atoms with E-state index in [0.717, 1.165) is 0 Å². The van der Waals surface area contributed by atoms with Crippen molar-refractivity contribution in [1.29, 1.82) is 0 Å². The van der Waals surface area contributed by atoms with Crippen molar-refractivity contribution in [2.45, 2.75) is 26.7 Å². The molecule has 0 aliphatic rings. The summed E-state index contributed by atoms with van der Waals surface area (Å²) in [5, 5.41) is 8.17. The van der Waals surface area contributed by atoms with Crippen molar-refractivity contribution in [1.82, 2.24) is 0 Å². The molecular weight excluding hydrogens is 163 g/mol. The van der Waals surface area contributed by atoms with Crippen LogP contribution in [-0.2, 0) is 0 Å². The van der Waals surface area contributed by atoms with Crippen molar-refractivity contribution in [2.75, 3.05) is 0 Å². The third kappa shape index (κ3) is 7.41. The summed E-state index contributed by atoms with van der Waals surface area (Å²) in [7, 11) is 0.662. The Balaban J connectivity index is 0.000000310. The summed E-state index contributed by atoms with van der Waals surface area (Å²) in [6, 6.07) is 9.06. The monoisotopic (exact) mass is 179 g/mol. The lowest BCUT2D eigenvalue weighted by molar-refractivity contribution is 0.454. The van der Waals surface area contributed by atoms with E-state index in [4.69, 9.17) is 5.02 Å². The highest BCUT2D eigenvalue weighted by atomic mass is 16.5. The van der Waals surface area contributed by atoms with Gasteiger partial charge in [-0.25, -0.2) is 0 Å². The van der Waals surface area contributed by atoms with E-state index in [1.807, 2.05) is 18.2 Å². The molecule has 2 nitrogen and oxygen atoms in total. The van der Waals surface area contributed by atoms with Gasteiger partial charge in [-0.15, -0.1) is 0 Å². The molecule has 13 heavy (non-hydrogen) atoms. The Morgan fingerprint density at radius 3 is 2.08 bits per heavy atom. The van der Waals surface area contributed by atoms with E-state index >= 15 is 0 Å². The molecule has 1 N–H and O–H groups in total. The van der Waals surface area contributed by atoms with Gasteiger partial charge in [0.15, 0.2) is 0 Å². The maximum atomic E-state index is 8.17. The van der Waals surface area contributed by atoms with Gasteiger partial charge in [0, 0.05) is 0 Å². The first kappa shape index (κ1) is 12.0. The zero-order chi connectivity index (χ0) is 9.94. The second-order valence-electron chi connectivity index (χ2n) is 2.54. The molecule has 1 radical (unpaired) electrons. The van der Waals surface area contributed by atoms with Crippen molar-refractivity contribution in [3.05, 3.63) is 30.3 Å². The SMILES string of the molecule is CCCC.O[B]Oc1ccccc1. The zero-order valence-corrected chi connectivity index (χ0v) is 8.23. The number of rotatable bonds is 3. The molecule has 0 fully saturated rings. The summed E-state index contributed by atoms with van der Waals surface area (Å²) in [5.74, 6) is 0.639. The Hall–Kier alpha value is -0.955. The van der Waals surface area contributed by atoms with Gasteiger partial charge in [0.25, 0.3) is 0 Å². The average molecular weight is 179 g/mol. The summed E-state index contributed by atoms with van der Waals surface area (Å²) < 4.78 is 4.64. The molecule has 0 aromatic heterocycles. The Kier molecular flexibility index (Phi) is 8.46. The van der Waals surface area contributed by atoms with E-state index < -0.39 is 0 Å². The van der Waals surface area contributed by atoms with Gasteiger partial charge in [-0.2, -0.15) is 0 Å². The molecule has 0 aliphatic carbocycles. The minimum atomic E-state index is 0.639. The number of hydrogen-bond donors (Lipinski definition) is 1. The Morgan fingerprint density at radius 2 is 1.69 bits per heavy atom. The zero-order valence-electron chi connectivity index (χ0n) is 8.23. The van der Waals surface area contributed by atoms with Gasteiger partial charge < -0.3 is 9.68 Å². The van der Waals surface area contributed by atoms with Gasteiger partial charge in [0.1, 0.15) is 0 Å². The smallest absolute Gasteiger partial charge is 0.537 e. The van der Waals surface area contributed by atoms with Gasteiger partial charge in [-0.05, 0) is 12.1 Å².